The molecule has 0 aliphatic carbocycles. The fourth-order valence-corrected chi connectivity index (χ4v) is 0.400. The first-order chi connectivity index (χ1) is 6.60. The summed E-state index contributed by atoms with van der Waals surface area (Å²) in [5.41, 5.74) is 3.13. The minimum Gasteiger partial charge on any atom is -0.493 e. The molecule has 0 aromatic carbocycles. The van der Waals surface area contributed by atoms with Crippen molar-refractivity contribution in [2.24, 2.45) is 11.7 Å². The molecule has 0 saturated carbocycles. The Balaban J connectivity index is 0.000000255. The Morgan fingerprint density at radius 2 is 2.07 bits per heavy atom. The summed E-state index contributed by atoms with van der Waals surface area (Å²) >= 11 is 0. The third-order valence-corrected chi connectivity index (χ3v) is 0.926. The molecule has 1 aromatic rings. The standard InChI is InChI=1S/C4H4N2O2.CH6N4O/c7-3-1-4(8)6-2-5-3;2-4-1(6)5-3/h1-2H,(H2,5,6,7,8);2-3H2,(H2,4,5,6). The molecule has 9 nitrogen and oxygen atoms in total. The predicted molar refractivity (Wildman–Crippen MR) is 46.6 cm³/mol. The van der Waals surface area contributed by atoms with Gasteiger partial charge in [-0.25, -0.2) is 21.5 Å². The van der Waals surface area contributed by atoms with E-state index < -0.39 is 6.03 Å². The van der Waals surface area contributed by atoms with Crippen molar-refractivity contribution in [1.29, 1.82) is 0 Å². The van der Waals surface area contributed by atoms with Crippen molar-refractivity contribution in [2.45, 2.75) is 0 Å². The van der Waals surface area contributed by atoms with E-state index in [1.165, 1.54) is 0 Å². The SMILES string of the molecule is NNC(=O)NN.O=c1cc(O)nc[nH]1. The number of H-pyrrole nitrogens is 1. The van der Waals surface area contributed by atoms with E-state index in [9.17, 15) is 9.59 Å². The molecule has 0 atom stereocenters. The summed E-state index contributed by atoms with van der Waals surface area (Å²) in [7, 11) is 0. The van der Waals surface area contributed by atoms with Gasteiger partial charge in [-0.2, -0.15) is 0 Å². The first-order valence-corrected chi connectivity index (χ1v) is 3.31. The van der Waals surface area contributed by atoms with Crippen LogP contribution < -0.4 is 28.1 Å². The summed E-state index contributed by atoms with van der Waals surface area (Å²) in [4.78, 5) is 25.5. The minimum absolute atomic E-state index is 0.256. The molecule has 2 amide bonds. The summed E-state index contributed by atoms with van der Waals surface area (Å²) in [5, 5.41) is 8.48. The van der Waals surface area contributed by atoms with Crippen molar-refractivity contribution < 1.29 is 9.90 Å². The van der Waals surface area contributed by atoms with Gasteiger partial charge in [0.2, 0.25) is 5.88 Å². The molecule has 0 unspecified atom stereocenters. The Bertz CT molecular complexity index is 330. The first-order valence-electron chi connectivity index (χ1n) is 3.31. The second-order valence-electron chi connectivity index (χ2n) is 1.89. The number of nitrogens with one attached hydrogen (secondary N) is 3. The molecule has 1 rings (SSSR count). The van der Waals surface area contributed by atoms with Gasteiger partial charge in [0, 0.05) is 0 Å². The summed E-state index contributed by atoms with van der Waals surface area (Å²) in [6.45, 7) is 0. The van der Waals surface area contributed by atoms with Crippen molar-refractivity contribution in [3.05, 3.63) is 22.7 Å². The highest BCUT2D eigenvalue weighted by Crippen LogP contribution is 1.90. The van der Waals surface area contributed by atoms with E-state index in [0.717, 1.165) is 12.4 Å². The van der Waals surface area contributed by atoms with Crippen molar-refractivity contribution in [2.75, 3.05) is 0 Å². The number of amides is 2. The maximum atomic E-state index is 10.2. The Hall–Kier alpha value is -2.13. The number of aromatic amines is 1. The predicted octanol–water partition coefficient (Wildman–Crippen LogP) is -2.49. The van der Waals surface area contributed by atoms with E-state index in [4.69, 9.17) is 5.11 Å². The Morgan fingerprint density at radius 3 is 2.29 bits per heavy atom. The van der Waals surface area contributed by atoms with Gasteiger partial charge < -0.3 is 10.1 Å². The maximum absolute atomic E-state index is 10.2. The molecular formula is C5H10N6O3. The largest absolute Gasteiger partial charge is 0.493 e. The van der Waals surface area contributed by atoms with Gasteiger partial charge in [0.05, 0.1) is 12.4 Å². The van der Waals surface area contributed by atoms with Crippen LogP contribution in [0.4, 0.5) is 4.79 Å². The van der Waals surface area contributed by atoms with Crippen LogP contribution >= 0.6 is 0 Å². The molecular weight excluding hydrogens is 192 g/mol. The zero-order valence-corrected chi connectivity index (χ0v) is 7.02. The Labute approximate surface area is 78.1 Å². The van der Waals surface area contributed by atoms with Crippen LogP contribution in [0.15, 0.2) is 17.2 Å². The van der Waals surface area contributed by atoms with E-state index in [2.05, 4.69) is 21.7 Å². The van der Waals surface area contributed by atoms with Crippen LogP contribution in [0.1, 0.15) is 0 Å². The fourth-order valence-electron chi connectivity index (χ4n) is 0.400. The molecule has 0 bridgehead atoms. The molecule has 8 N–H and O–H groups in total. The number of nitrogens with zero attached hydrogens (tertiary/aromatic N) is 1. The molecule has 0 saturated heterocycles. The van der Waals surface area contributed by atoms with Gasteiger partial charge in [0.25, 0.3) is 5.56 Å². The van der Waals surface area contributed by atoms with E-state index in [0.29, 0.717) is 0 Å². The number of urea groups is 1. The van der Waals surface area contributed by atoms with Crippen LogP contribution in [0.25, 0.3) is 0 Å². The fraction of sp³-hybridized carbons (Fsp3) is 0. The molecule has 1 aromatic heterocycles. The van der Waals surface area contributed by atoms with E-state index in [1.54, 1.807) is 10.9 Å². The highest BCUT2D eigenvalue weighted by atomic mass is 16.3. The van der Waals surface area contributed by atoms with Gasteiger partial charge in [-0.1, -0.05) is 0 Å². The average molecular weight is 202 g/mol. The van der Waals surface area contributed by atoms with Gasteiger partial charge >= 0.3 is 6.03 Å². The van der Waals surface area contributed by atoms with Crippen molar-refractivity contribution >= 4 is 6.03 Å². The number of aromatic nitrogens is 2. The van der Waals surface area contributed by atoms with Gasteiger partial charge in [-0.15, -0.1) is 0 Å². The van der Waals surface area contributed by atoms with Crippen LogP contribution in [0, 0.1) is 0 Å². The van der Waals surface area contributed by atoms with Crippen LogP contribution in [0.5, 0.6) is 5.88 Å². The summed E-state index contributed by atoms with van der Waals surface area (Å²) in [5.74, 6) is 8.83. The summed E-state index contributed by atoms with van der Waals surface area (Å²) in [6, 6.07) is 0.398. The van der Waals surface area contributed by atoms with E-state index in [-0.39, 0.29) is 11.4 Å². The Kier molecular flexibility index (Phi) is 5.42. The number of hydrogen-bond donors (Lipinski definition) is 6. The third kappa shape index (κ3) is 5.51. The molecule has 14 heavy (non-hydrogen) atoms. The summed E-state index contributed by atoms with van der Waals surface area (Å²) < 4.78 is 0. The molecule has 9 heteroatoms. The molecule has 0 aliphatic heterocycles. The highest BCUT2D eigenvalue weighted by Gasteiger charge is 1.84. The second kappa shape index (κ2) is 6.39. The lowest BCUT2D eigenvalue weighted by Crippen LogP contribution is -2.43. The molecule has 0 radical (unpaired) electrons. The third-order valence-electron chi connectivity index (χ3n) is 0.926. The molecule has 0 fully saturated rings. The summed E-state index contributed by atoms with van der Waals surface area (Å²) in [6.07, 6.45) is 1.14. The van der Waals surface area contributed by atoms with Gasteiger partial charge in [0.1, 0.15) is 0 Å². The number of hydrazine groups is 2. The van der Waals surface area contributed by atoms with Crippen LogP contribution in [-0.2, 0) is 0 Å². The normalized spacial score (nSPS) is 8.14. The monoisotopic (exact) mass is 202 g/mol. The number of hydrogen-bond acceptors (Lipinski definition) is 6. The number of carbonyl (C=O) groups is 1. The number of carbonyl (C=O) groups excluding carboxylic acids is 1. The maximum Gasteiger partial charge on any atom is 0.343 e. The molecule has 0 aliphatic rings. The lowest BCUT2D eigenvalue weighted by Gasteiger charge is -1.90. The minimum atomic E-state index is -0.602. The Morgan fingerprint density at radius 1 is 1.50 bits per heavy atom. The topological polar surface area (TPSA) is 159 Å². The van der Waals surface area contributed by atoms with Crippen molar-refractivity contribution in [1.82, 2.24) is 20.8 Å². The smallest absolute Gasteiger partial charge is 0.343 e. The zero-order valence-electron chi connectivity index (χ0n) is 7.02. The molecule has 0 spiro atoms. The lowest BCUT2D eigenvalue weighted by atomic mass is 10.6. The zero-order chi connectivity index (χ0) is 11.0. The number of rotatable bonds is 0. The highest BCUT2D eigenvalue weighted by molar-refractivity contribution is 5.72. The van der Waals surface area contributed by atoms with Crippen molar-refractivity contribution in [3.8, 4) is 5.88 Å². The van der Waals surface area contributed by atoms with Crippen LogP contribution in [0.2, 0.25) is 0 Å². The first kappa shape index (κ1) is 11.9. The lowest BCUT2D eigenvalue weighted by molar-refractivity contribution is 0.241. The van der Waals surface area contributed by atoms with Gasteiger partial charge in [-0.3, -0.25) is 15.6 Å². The quantitative estimate of drug-likeness (QED) is 0.155. The average Bonchev–Trinajstić information content (AvgIpc) is 2.17. The van der Waals surface area contributed by atoms with Gasteiger partial charge in [-0.05, 0) is 0 Å². The van der Waals surface area contributed by atoms with E-state index >= 15 is 0 Å². The van der Waals surface area contributed by atoms with Gasteiger partial charge in [0.15, 0.2) is 0 Å². The van der Waals surface area contributed by atoms with E-state index in [1.807, 2.05) is 0 Å². The number of aromatic hydroxyl groups is 1. The second-order valence-corrected chi connectivity index (χ2v) is 1.89. The molecule has 1 heterocycles. The van der Waals surface area contributed by atoms with Crippen molar-refractivity contribution in [3.63, 3.8) is 0 Å². The number of nitrogens with two attached hydrogens (primary N) is 2. The molecule has 78 valence electrons. The van der Waals surface area contributed by atoms with Crippen LogP contribution in [0.3, 0.4) is 0 Å². The van der Waals surface area contributed by atoms with Crippen LogP contribution in [-0.4, -0.2) is 21.1 Å².